The van der Waals surface area contributed by atoms with Gasteiger partial charge in [-0.25, -0.2) is 4.79 Å². The highest BCUT2D eigenvalue weighted by Crippen LogP contribution is 2.29. The Morgan fingerprint density at radius 3 is 2.50 bits per heavy atom. The zero-order valence-electron chi connectivity index (χ0n) is 11.1. The molecular formula is C15H21NO2. The molecule has 1 aromatic carbocycles. The number of hydrogen-bond acceptors (Lipinski definition) is 2. The van der Waals surface area contributed by atoms with Crippen LogP contribution < -0.4 is 4.90 Å². The average Bonchev–Trinajstić information content (AvgIpc) is 2.38. The molecule has 0 bridgehead atoms. The van der Waals surface area contributed by atoms with Gasteiger partial charge in [0.2, 0.25) is 0 Å². The van der Waals surface area contributed by atoms with Crippen molar-refractivity contribution >= 4 is 11.7 Å². The summed E-state index contributed by atoms with van der Waals surface area (Å²) in [6.07, 6.45) is 5.10. The third-order valence-electron chi connectivity index (χ3n) is 3.98. The van der Waals surface area contributed by atoms with E-state index in [0.717, 1.165) is 11.6 Å². The van der Waals surface area contributed by atoms with Crippen molar-refractivity contribution in [2.45, 2.75) is 38.6 Å². The lowest BCUT2D eigenvalue weighted by Gasteiger charge is -2.35. The van der Waals surface area contributed by atoms with Gasteiger partial charge < -0.3 is 10.0 Å². The summed E-state index contributed by atoms with van der Waals surface area (Å²) in [5.74, 6) is -0.0695. The van der Waals surface area contributed by atoms with Crippen molar-refractivity contribution in [2.24, 2.45) is 5.92 Å². The molecule has 1 aliphatic rings. The summed E-state index contributed by atoms with van der Waals surface area (Å²) in [5, 5.41) is 8.88. The summed E-state index contributed by atoms with van der Waals surface area (Å²) in [5.41, 5.74) is 1.46. The largest absolute Gasteiger partial charge is 0.478 e. The summed E-state index contributed by atoms with van der Waals surface area (Å²) in [6.45, 7) is 2.31. The molecule has 1 fully saturated rings. The topological polar surface area (TPSA) is 40.5 Å². The zero-order valence-corrected chi connectivity index (χ0v) is 11.1. The lowest BCUT2D eigenvalue weighted by Crippen LogP contribution is -2.35. The Hall–Kier alpha value is -1.51. The van der Waals surface area contributed by atoms with Crippen LogP contribution in [-0.2, 0) is 0 Å². The van der Waals surface area contributed by atoms with Gasteiger partial charge in [-0.1, -0.05) is 19.8 Å². The third-order valence-corrected chi connectivity index (χ3v) is 3.98. The van der Waals surface area contributed by atoms with Crippen LogP contribution in [0.15, 0.2) is 24.3 Å². The quantitative estimate of drug-likeness (QED) is 0.890. The number of benzene rings is 1. The SMILES string of the molecule is CC1CCCC(N(C)c2ccc(C(=O)O)cc2)C1. The number of carboxylic acid groups (broad SMARTS) is 1. The highest BCUT2D eigenvalue weighted by Gasteiger charge is 2.22. The molecule has 2 rings (SSSR count). The molecule has 0 amide bonds. The molecule has 18 heavy (non-hydrogen) atoms. The van der Waals surface area contributed by atoms with E-state index >= 15 is 0 Å². The molecule has 3 heteroatoms. The minimum atomic E-state index is -0.865. The molecule has 0 radical (unpaired) electrons. The van der Waals surface area contributed by atoms with Crippen LogP contribution in [0.4, 0.5) is 5.69 Å². The number of nitrogens with zero attached hydrogens (tertiary/aromatic N) is 1. The van der Waals surface area contributed by atoms with Crippen LogP contribution in [0.2, 0.25) is 0 Å². The van der Waals surface area contributed by atoms with Gasteiger partial charge >= 0.3 is 5.97 Å². The van der Waals surface area contributed by atoms with Crippen LogP contribution in [0.5, 0.6) is 0 Å². The second kappa shape index (κ2) is 5.42. The van der Waals surface area contributed by atoms with Crippen molar-refractivity contribution in [1.82, 2.24) is 0 Å². The zero-order chi connectivity index (χ0) is 13.1. The van der Waals surface area contributed by atoms with Gasteiger partial charge in [-0.15, -0.1) is 0 Å². The molecule has 0 aromatic heterocycles. The first kappa shape index (κ1) is 12.9. The van der Waals surface area contributed by atoms with Crippen LogP contribution in [0.3, 0.4) is 0 Å². The number of carbonyl (C=O) groups is 1. The Bertz CT molecular complexity index is 413. The minimum Gasteiger partial charge on any atom is -0.478 e. The van der Waals surface area contributed by atoms with E-state index in [2.05, 4.69) is 18.9 Å². The number of carboxylic acids is 1. The standard InChI is InChI=1S/C15H21NO2/c1-11-4-3-5-14(10-11)16(2)13-8-6-12(7-9-13)15(17)18/h6-9,11,14H,3-5,10H2,1-2H3,(H,17,18). The molecule has 3 nitrogen and oxygen atoms in total. The maximum absolute atomic E-state index is 10.8. The van der Waals surface area contributed by atoms with E-state index in [1.807, 2.05) is 12.1 Å². The van der Waals surface area contributed by atoms with Crippen LogP contribution >= 0.6 is 0 Å². The molecule has 2 atom stereocenters. The van der Waals surface area contributed by atoms with Crippen molar-refractivity contribution in [3.05, 3.63) is 29.8 Å². The van der Waals surface area contributed by atoms with Crippen molar-refractivity contribution < 1.29 is 9.90 Å². The fourth-order valence-corrected chi connectivity index (χ4v) is 2.80. The Morgan fingerprint density at radius 2 is 1.94 bits per heavy atom. The summed E-state index contributed by atoms with van der Waals surface area (Å²) >= 11 is 0. The lowest BCUT2D eigenvalue weighted by atomic mass is 9.86. The molecule has 0 aliphatic heterocycles. The second-order valence-electron chi connectivity index (χ2n) is 5.39. The van der Waals surface area contributed by atoms with E-state index in [1.165, 1.54) is 25.7 Å². The fourth-order valence-electron chi connectivity index (χ4n) is 2.80. The van der Waals surface area contributed by atoms with Crippen molar-refractivity contribution in [1.29, 1.82) is 0 Å². The minimum absolute atomic E-state index is 0.351. The monoisotopic (exact) mass is 247 g/mol. The Morgan fingerprint density at radius 1 is 1.28 bits per heavy atom. The summed E-state index contributed by atoms with van der Waals surface area (Å²) in [4.78, 5) is 13.1. The van der Waals surface area contributed by atoms with Crippen LogP contribution in [0.25, 0.3) is 0 Å². The van der Waals surface area contributed by atoms with Crippen LogP contribution in [0, 0.1) is 5.92 Å². The normalized spacial score (nSPS) is 23.7. The summed E-state index contributed by atoms with van der Waals surface area (Å²) in [7, 11) is 2.11. The first-order valence-electron chi connectivity index (χ1n) is 6.64. The van der Waals surface area contributed by atoms with Crippen molar-refractivity contribution in [3.8, 4) is 0 Å². The van der Waals surface area contributed by atoms with E-state index in [4.69, 9.17) is 5.11 Å². The first-order valence-corrected chi connectivity index (χ1v) is 6.64. The first-order chi connectivity index (χ1) is 8.58. The van der Waals surface area contributed by atoms with E-state index in [-0.39, 0.29) is 0 Å². The van der Waals surface area contributed by atoms with Gasteiger partial charge in [0.05, 0.1) is 5.56 Å². The lowest BCUT2D eigenvalue weighted by molar-refractivity contribution is 0.0697. The van der Waals surface area contributed by atoms with E-state index in [1.54, 1.807) is 12.1 Å². The van der Waals surface area contributed by atoms with E-state index < -0.39 is 5.97 Å². The van der Waals surface area contributed by atoms with Crippen LogP contribution in [-0.4, -0.2) is 24.2 Å². The Labute approximate surface area is 108 Å². The molecule has 2 unspecified atom stereocenters. The Kier molecular flexibility index (Phi) is 3.90. The van der Waals surface area contributed by atoms with Gasteiger partial charge in [0.25, 0.3) is 0 Å². The Balaban J connectivity index is 2.08. The summed E-state index contributed by atoms with van der Waals surface area (Å²) in [6, 6.07) is 7.76. The molecule has 98 valence electrons. The number of anilines is 1. The van der Waals surface area contributed by atoms with Gasteiger partial charge in [0.1, 0.15) is 0 Å². The number of hydrogen-bond donors (Lipinski definition) is 1. The van der Waals surface area contributed by atoms with Crippen molar-refractivity contribution in [3.63, 3.8) is 0 Å². The predicted octanol–water partition coefficient (Wildman–Crippen LogP) is 3.40. The molecule has 0 heterocycles. The molecule has 0 saturated heterocycles. The maximum atomic E-state index is 10.8. The molecular weight excluding hydrogens is 226 g/mol. The number of aromatic carboxylic acids is 1. The highest BCUT2D eigenvalue weighted by molar-refractivity contribution is 5.88. The predicted molar refractivity (Wildman–Crippen MR) is 73.2 cm³/mol. The van der Waals surface area contributed by atoms with Gasteiger partial charge in [-0.3, -0.25) is 0 Å². The van der Waals surface area contributed by atoms with Crippen LogP contribution in [0.1, 0.15) is 43.0 Å². The average molecular weight is 247 g/mol. The molecule has 1 aromatic rings. The maximum Gasteiger partial charge on any atom is 0.335 e. The fraction of sp³-hybridized carbons (Fsp3) is 0.533. The summed E-state index contributed by atoms with van der Waals surface area (Å²) < 4.78 is 0. The van der Waals surface area contributed by atoms with Gasteiger partial charge in [-0.05, 0) is 43.0 Å². The van der Waals surface area contributed by atoms with Gasteiger partial charge in [0, 0.05) is 18.8 Å². The van der Waals surface area contributed by atoms with Gasteiger partial charge in [-0.2, -0.15) is 0 Å². The number of rotatable bonds is 3. The third kappa shape index (κ3) is 2.84. The molecule has 1 aliphatic carbocycles. The highest BCUT2D eigenvalue weighted by atomic mass is 16.4. The van der Waals surface area contributed by atoms with Crippen molar-refractivity contribution in [2.75, 3.05) is 11.9 Å². The molecule has 1 saturated carbocycles. The second-order valence-corrected chi connectivity index (χ2v) is 5.39. The smallest absolute Gasteiger partial charge is 0.335 e. The molecule has 0 spiro atoms. The van der Waals surface area contributed by atoms with E-state index in [9.17, 15) is 4.79 Å². The van der Waals surface area contributed by atoms with Gasteiger partial charge in [0.15, 0.2) is 0 Å². The van der Waals surface area contributed by atoms with E-state index in [0.29, 0.717) is 11.6 Å². The molecule has 1 N–H and O–H groups in total.